The Morgan fingerprint density at radius 1 is 1.31 bits per heavy atom. The van der Waals surface area contributed by atoms with Gasteiger partial charge in [0.2, 0.25) is 0 Å². The first-order valence-electron chi connectivity index (χ1n) is 4.04. The predicted octanol–water partition coefficient (Wildman–Crippen LogP) is 2.44. The van der Waals surface area contributed by atoms with E-state index in [9.17, 15) is 23.1 Å². The van der Waals surface area contributed by atoms with Crippen molar-refractivity contribution in [3.05, 3.63) is 35.4 Å². The lowest BCUT2D eigenvalue weighted by Crippen LogP contribution is -2.12. The van der Waals surface area contributed by atoms with Crippen LogP contribution in [0.15, 0.2) is 24.3 Å². The fourth-order valence-electron chi connectivity index (χ4n) is 1.03. The molecule has 0 radical (unpaired) electrons. The molecule has 0 aromatic heterocycles. The van der Waals surface area contributed by atoms with Crippen LogP contribution in [0.5, 0.6) is 0 Å². The highest BCUT2D eigenvalue weighted by Gasteiger charge is 2.30. The van der Waals surface area contributed by atoms with E-state index in [0.717, 1.165) is 24.3 Å². The Bertz CT molecular complexity index is 375. The first-order chi connectivity index (χ1) is 7.36. The van der Waals surface area contributed by atoms with Crippen LogP contribution in [0, 0.1) is 0 Å². The van der Waals surface area contributed by atoms with Crippen molar-refractivity contribution in [3.8, 4) is 0 Å². The first-order valence-corrected chi connectivity index (χ1v) is 4.35. The minimum atomic E-state index is -4.46. The summed E-state index contributed by atoms with van der Waals surface area (Å²) in [7, 11) is 0. The van der Waals surface area contributed by atoms with E-state index in [1.165, 1.54) is 0 Å². The van der Waals surface area contributed by atoms with Gasteiger partial charge >= 0.3 is 12.1 Å². The zero-order valence-electron chi connectivity index (χ0n) is 7.66. The molecular weight excluding hydrogens is 249 g/mol. The summed E-state index contributed by atoms with van der Waals surface area (Å²) in [4.78, 5) is 10.8. The second-order valence-corrected chi connectivity index (χ2v) is 3.07. The molecule has 0 bridgehead atoms. The van der Waals surface area contributed by atoms with Crippen molar-refractivity contribution in [2.45, 2.75) is 12.3 Å². The highest BCUT2D eigenvalue weighted by molar-refractivity contribution is 6.13. The van der Waals surface area contributed by atoms with Crippen molar-refractivity contribution in [2.24, 2.45) is 0 Å². The molecule has 0 aliphatic rings. The molecule has 0 aliphatic carbocycles. The molecule has 0 saturated carbocycles. The fourth-order valence-corrected chi connectivity index (χ4v) is 1.12. The number of hydrogen-bond acceptors (Lipinski definition) is 3. The fraction of sp³-hybridized carbons (Fsp3) is 0.222. The summed E-state index contributed by atoms with van der Waals surface area (Å²) in [6.07, 6.45) is -6.16. The van der Waals surface area contributed by atoms with Crippen LogP contribution in [-0.2, 0) is 15.3 Å². The summed E-state index contributed by atoms with van der Waals surface area (Å²) >= 11 is 4.71. The number of hydrogen-bond donors (Lipinski definition) is 1. The summed E-state index contributed by atoms with van der Waals surface area (Å²) in [5, 5.41) is 9.24. The van der Waals surface area contributed by atoms with Gasteiger partial charge in [-0.2, -0.15) is 13.2 Å². The van der Waals surface area contributed by atoms with Crippen molar-refractivity contribution in [1.82, 2.24) is 0 Å². The topological polar surface area (TPSA) is 46.5 Å². The van der Waals surface area contributed by atoms with Crippen molar-refractivity contribution in [1.29, 1.82) is 0 Å². The van der Waals surface area contributed by atoms with Crippen LogP contribution < -0.4 is 0 Å². The van der Waals surface area contributed by atoms with Crippen LogP contribution in [0.4, 0.5) is 13.2 Å². The van der Waals surface area contributed by atoms with E-state index in [1.54, 1.807) is 0 Å². The maximum atomic E-state index is 12.2. The molecule has 0 saturated heterocycles. The van der Waals surface area contributed by atoms with E-state index in [1.807, 2.05) is 0 Å². The highest BCUT2D eigenvalue weighted by Crippen LogP contribution is 2.30. The van der Waals surface area contributed by atoms with Crippen LogP contribution in [0.25, 0.3) is 0 Å². The molecule has 0 spiro atoms. The average Bonchev–Trinajstić information content (AvgIpc) is 2.26. The second-order valence-electron chi connectivity index (χ2n) is 2.92. The minimum Gasteiger partial charge on any atom is -0.377 e. The minimum absolute atomic E-state index is 0.0290. The average molecular weight is 255 g/mol. The van der Waals surface area contributed by atoms with Gasteiger partial charge in [-0.15, -0.1) is 0 Å². The standard InChI is InChI=1S/C9H6ClF3O3/c10-16-8(15)7(14)5-1-3-6(4-2-5)9(11,12)13/h1-4,7,14H/t7-/m1/s1. The van der Waals surface area contributed by atoms with Crippen molar-refractivity contribution in [3.63, 3.8) is 0 Å². The molecule has 1 N–H and O–H groups in total. The highest BCUT2D eigenvalue weighted by atomic mass is 35.5. The molecule has 1 atom stereocenters. The van der Waals surface area contributed by atoms with Gasteiger partial charge in [-0.1, -0.05) is 12.1 Å². The first kappa shape index (κ1) is 12.8. The van der Waals surface area contributed by atoms with Gasteiger partial charge in [0.15, 0.2) is 6.10 Å². The summed E-state index contributed by atoms with van der Waals surface area (Å²) < 4.78 is 40.2. The number of benzene rings is 1. The molecule has 0 unspecified atom stereocenters. The quantitative estimate of drug-likeness (QED) is 0.882. The number of aliphatic hydroxyl groups is 1. The second kappa shape index (κ2) is 4.71. The van der Waals surface area contributed by atoms with E-state index in [2.05, 4.69) is 4.29 Å². The van der Waals surface area contributed by atoms with Crippen molar-refractivity contribution < 1.29 is 27.4 Å². The molecule has 1 rings (SSSR count). The van der Waals surface area contributed by atoms with Crippen molar-refractivity contribution in [2.75, 3.05) is 0 Å². The summed E-state index contributed by atoms with van der Waals surface area (Å²) in [5.74, 6) is -1.15. The van der Waals surface area contributed by atoms with Crippen LogP contribution >= 0.6 is 11.9 Å². The Hall–Kier alpha value is -1.27. The lowest BCUT2D eigenvalue weighted by atomic mass is 10.1. The summed E-state index contributed by atoms with van der Waals surface area (Å²) in [6, 6.07) is 3.45. The molecule has 0 fully saturated rings. The Kier molecular flexibility index (Phi) is 3.77. The number of carbonyl (C=O) groups excluding carboxylic acids is 1. The van der Waals surface area contributed by atoms with E-state index < -0.39 is 23.8 Å². The number of alkyl halides is 3. The third-order valence-electron chi connectivity index (χ3n) is 1.85. The number of rotatable bonds is 2. The van der Waals surface area contributed by atoms with Crippen LogP contribution in [0.1, 0.15) is 17.2 Å². The van der Waals surface area contributed by atoms with Gasteiger partial charge in [0, 0.05) is 0 Å². The van der Waals surface area contributed by atoms with E-state index in [0.29, 0.717) is 0 Å². The maximum absolute atomic E-state index is 12.2. The Balaban J connectivity index is 2.91. The molecule has 1 aromatic carbocycles. The molecule has 88 valence electrons. The normalized spacial score (nSPS) is 13.3. The van der Waals surface area contributed by atoms with E-state index in [-0.39, 0.29) is 5.56 Å². The molecular formula is C9H6ClF3O3. The van der Waals surface area contributed by atoms with Gasteiger partial charge in [0.1, 0.15) is 11.9 Å². The van der Waals surface area contributed by atoms with Gasteiger partial charge in [0.25, 0.3) is 0 Å². The summed E-state index contributed by atoms with van der Waals surface area (Å²) in [6.45, 7) is 0. The Labute approximate surface area is 93.6 Å². The summed E-state index contributed by atoms with van der Waals surface area (Å²) in [5.41, 5.74) is -0.902. The van der Waals surface area contributed by atoms with Gasteiger partial charge in [-0.25, -0.2) is 4.79 Å². The zero-order chi connectivity index (χ0) is 12.3. The SMILES string of the molecule is O=C(OCl)[C@H](O)c1ccc(C(F)(F)F)cc1. The van der Waals surface area contributed by atoms with Crippen LogP contribution in [0.3, 0.4) is 0 Å². The van der Waals surface area contributed by atoms with Crippen molar-refractivity contribution >= 4 is 17.8 Å². The van der Waals surface area contributed by atoms with Crippen LogP contribution in [0.2, 0.25) is 0 Å². The Morgan fingerprint density at radius 3 is 2.19 bits per heavy atom. The smallest absolute Gasteiger partial charge is 0.377 e. The predicted molar refractivity (Wildman–Crippen MR) is 48.3 cm³/mol. The monoisotopic (exact) mass is 254 g/mol. The number of aliphatic hydroxyl groups excluding tert-OH is 1. The van der Waals surface area contributed by atoms with Gasteiger partial charge < -0.3 is 9.40 Å². The molecule has 7 heteroatoms. The number of halogens is 4. The molecule has 0 aliphatic heterocycles. The molecule has 3 nitrogen and oxygen atoms in total. The molecule has 0 amide bonds. The molecule has 0 heterocycles. The third kappa shape index (κ3) is 2.86. The maximum Gasteiger partial charge on any atom is 0.416 e. The largest absolute Gasteiger partial charge is 0.416 e. The lowest BCUT2D eigenvalue weighted by Gasteiger charge is -2.09. The van der Waals surface area contributed by atoms with Crippen LogP contribution in [-0.4, -0.2) is 11.1 Å². The Morgan fingerprint density at radius 2 is 1.81 bits per heavy atom. The van der Waals surface area contributed by atoms with Gasteiger partial charge in [-0.3, -0.25) is 0 Å². The van der Waals surface area contributed by atoms with Gasteiger partial charge in [-0.05, 0) is 17.7 Å². The lowest BCUT2D eigenvalue weighted by molar-refractivity contribution is -0.143. The van der Waals surface area contributed by atoms with E-state index >= 15 is 0 Å². The molecule has 1 aromatic rings. The third-order valence-corrected chi connectivity index (χ3v) is 2.01. The number of carbonyl (C=O) groups is 1. The zero-order valence-corrected chi connectivity index (χ0v) is 8.42. The van der Waals surface area contributed by atoms with Gasteiger partial charge in [0.05, 0.1) is 5.56 Å². The molecule has 16 heavy (non-hydrogen) atoms. The van der Waals surface area contributed by atoms with E-state index in [4.69, 9.17) is 11.9 Å².